The van der Waals surface area contributed by atoms with Gasteiger partial charge in [0.2, 0.25) is 0 Å². The van der Waals surface area contributed by atoms with E-state index in [1.54, 1.807) is 40.2 Å². The van der Waals surface area contributed by atoms with Gasteiger partial charge in [-0.3, -0.25) is 23.9 Å². The van der Waals surface area contributed by atoms with Crippen molar-refractivity contribution in [2.75, 3.05) is 18.9 Å². The van der Waals surface area contributed by atoms with Crippen LogP contribution in [0.15, 0.2) is 34.2 Å². The lowest BCUT2D eigenvalue weighted by Gasteiger charge is -2.17. The Labute approximate surface area is 205 Å². The van der Waals surface area contributed by atoms with Crippen molar-refractivity contribution < 1.29 is 14.3 Å². The molecule has 7 nitrogen and oxygen atoms in total. The minimum atomic E-state index is -0.257. The number of benzene rings is 1. The minimum Gasteiger partial charge on any atom is -0.376 e. The molecule has 34 heavy (non-hydrogen) atoms. The monoisotopic (exact) mass is 495 g/mol. The zero-order valence-electron chi connectivity index (χ0n) is 18.7. The number of ether oxygens (including phenoxy) is 1. The maximum Gasteiger partial charge on any atom is 0.263 e. The molecule has 2 amide bonds. The van der Waals surface area contributed by atoms with Gasteiger partial charge < -0.3 is 4.74 Å². The fraction of sp³-hybridized carbons (Fsp3) is 0.440. The Morgan fingerprint density at radius 2 is 1.82 bits per heavy atom. The Hall–Kier alpha value is -2.49. The molecule has 9 heteroatoms. The van der Waals surface area contributed by atoms with Crippen molar-refractivity contribution in [2.24, 2.45) is 0 Å². The normalized spacial score (nSPS) is 19.8. The molecule has 0 saturated carbocycles. The Morgan fingerprint density at radius 3 is 2.56 bits per heavy atom. The summed E-state index contributed by atoms with van der Waals surface area (Å²) >= 11 is 3.07. The molecule has 1 aliphatic carbocycles. The molecule has 0 spiro atoms. The third-order valence-corrected chi connectivity index (χ3v) is 9.02. The molecule has 176 valence electrons. The number of fused-ring (bicyclic) bond motifs is 4. The van der Waals surface area contributed by atoms with Crippen molar-refractivity contribution in [2.45, 2.75) is 56.3 Å². The molecule has 3 aliphatic rings. The van der Waals surface area contributed by atoms with Gasteiger partial charge >= 0.3 is 0 Å². The van der Waals surface area contributed by atoms with Crippen LogP contribution in [0.1, 0.15) is 56.8 Å². The molecular formula is C25H25N3O4S2. The predicted octanol–water partition coefficient (Wildman–Crippen LogP) is 3.90. The highest BCUT2D eigenvalue weighted by Crippen LogP contribution is 2.35. The van der Waals surface area contributed by atoms with Crippen LogP contribution in [0.4, 0.5) is 0 Å². The van der Waals surface area contributed by atoms with E-state index in [1.165, 1.54) is 27.1 Å². The topological polar surface area (TPSA) is 81.5 Å². The third-order valence-electron chi connectivity index (χ3n) is 6.87. The van der Waals surface area contributed by atoms with Gasteiger partial charge in [0.1, 0.15) is 4.83 Å². The number of rotatable bonds is 6. The summed E-state index contributed by atoms with van der Waals surface area (Å²) in [7, 11) is 0. The van der Waals surface area contributed by atoms with Crippen LogP contribution in [0.3, 0.4) is 0 Å². The van der Waals surface area contributed by atoms with Crippen molar-refractivity contribution in [1.29, 1.82) is 0 Å². The van der Waals surface area contributed by atoms with E-state index in [0.717, 1.165) is 55.3 Å². The fourth-order valence-corrected chi connectivity index (χ4v) is 7.39. The molecule has 0 radical (unpaired) electrons. The standard InChI is InChI=1S/C25H25N3O4S2/c29-22-16-7-1-2-8-17(16)23(30)27(22)11-13-33-25-26-21-20(18-9-3-4-10-19(18)34-21)24(31)28(25)14-15-6-5-12-32-15/h1-2,7-8,15H,3-6,9-14H2. The lowest BCUT2D eigenvalue weighted by molar-refractivity contribution is 0.0664. The number of carbonyl (C=O) groups excluding carboxylic acids is 2. The van der Waals surface area contributed by atoms with Gasteiger partial charge in [-0.15, -0.1) is 11.3 Å². The summed E-state index contributed by atoms with van der Waals surface area (Å²) in [4.78, 5) is 47.4. The summed E-state index contributed by atoms with van der Waals surface area (Å²) in [5, 5.41) is 1.42. The summed E-state index contributed by atoms with van der Waals surface area (Å²) in [6.07, 6.45) is 6.19. The van der Waals surface area contributed by atoms with E-state index in [-0.39, 0.29) is 30.0 Å². The maximum atomic E-state index is 13.7. The number of imide groups is 1. The molecule has 6 rings (SSSR count). The van der Waals surface area contributed by atoms with E-state index < -0.39 is 0 Å². The average molecular weight is 496 g/mol. The number of carbonyl (C=O) groups is 2. The summed E-state index contributed by atoms with van der Waals surface area (Å²) in [6, 6.07) is 6.92. The van der Waals surface area contributed by atoms with E-state index in [0.29, 0.717) is 28.6 Å². The maximum absolute atomic E-state index is 13.7. The van der Waals surface area contributed by atoms with Crippen LogP contribution in [0.5, 0.6) is 0 Å². The van der Waals surface area contributed by atoms with Gasteiger partial charge in [0.05, 0.1) is 29.2 Å². The van der Waals surface area contributed by atoms with Crippen LogP contribution >= 0.6 is 23.1 Å². The SMILES string of the molecule is O=C1c2ccccc2C(=O)N1CCSc1nc2sc3c(c2c(=O)n1CC1CCCO1)CCCC3. The molecule has 2 aliphatic heterocycles. The van der Waals surface area contributed by atoms with Crippen molar-refractivity contribution in [3.8, 4) is 0 Å². The molecule has 0 N–H and O–H groups in total. The Balaban J connectivity index is 1.29. The Morgan fingerprint density at radius 1 is 1.06 bits per heavy atom. The number of amides is 2. The zero-order chi connectivity index (χ0) is 23.2. The summed E-state index contributed by atoms with van der Waals surface area (Å²) in [5.41, 5.74) is 2.11. The van der Waals surface area contributed by atoms with E-state index in [2.05, 4.69) is 0 Å². The summed E-state index contributed by atoms with van der Waals surface area (Å²) in [5.74, 6) is -0.0420. The van der Waals surface area contributed by atoms with Crippen LogP contribution in [0.2, 0.25) is 0 Å². The van der Waals surface area contributed by atoms with Crippen LogP contribution in [0, 0.1) is 0 Å². The second kappa shape index (κ2) is 8.94. The molecule has 1 unspecified atom stereocenters. The highest BCUT2D eigenvalue weighted by atomic mass is 32.2. The number of thioether (sulfide) groups is 1. The molecule has 0 bridgehead atoms. The van der Waals surface area contributed by atoms with Crippen molar-refractivity contribution in [1.82, 2.24) is 14.5 Å². The van der Waals surface area contributed by atoms with Crippen LogP contribution < -0.4 is 5.56 Å². The Bertz CT molecular complexity index is 1320. The largest absolute Gasteiger partial charge is 0.376 e. The number of thiophene rings is 1. The molecule has 1 atom stereocenters. The van der Waals surface area contributed by atoms with E-state index in [1.807, 2.05) is 0 Å². The lowest BCUT2D eigenvalue weighted by Crippen LogP contribution is -2.32. The first-order valence-electron chi connectivity index (χ1n) is 11.9. The van der Waals surface area contributed by atoms with Gasteiger partial charge in [-0.25, -0.2) is 4.98 Å². The molecule has 3 aromatic rings. The first kappa shape index (κ1) is 22.0. The third kappa shape index (κ3) is 3.70. The van der Waals surface area contributed by atoms with Crippen LogP contribution in [-0.2, 0) is 24.1 Å². The van der Waals surface area contributed by atoms with Crippen LogP contribution in [0.25, 0.3) is 10.2 Å². The predicted molar refractivity (Wildman–Crippen MR) is 132 cm³/mol. The Kier molecular flexibility index (Phi) is 5.79. The fourth-order valence-electron chi connectivity index (χ4n) is 5.15. The van der Waals surface area contributed by atoms with Gasteiger partial charge in [0.15, 0.2) is 5.16 Å². The minimum absolute atomic E-state index is 0.0157. The molecule has 1 fully saturated rings. The van der Waals surface area contributed by atoms with Gasteiger partial charge in [-0.2, -0.15) is 0 Å². The molecule has 1 aromatic carbocycles. The second-order valence-electron chi connectivity index (χ2n) is 8.99. The summed E-state index contributed by atoms with van der Waals surface area (Å²) < 4.78 is 7.60. The van der Waals surface area contributed by atoms with Crippen LogP contribution in [-0.4, -0.2) is 51.3 Å². The number of nitrogens with zero attached hydrogens (tertiary/aromatic N) is 3. The van der Waals surface area contributed by atoms with E-state index >= 15 is 0 Å². The van der Waals surface area contributed by atoms with E-state index in [9.17, 15) is 14.4 Å². The van der Waals surface area contributed by atoms with Crippen molar-refractivity contribution >= 4 is 45.1 Å². The smallest absolute Gasteiger partial charge is 0.263 e. The highest BCUT2D eigenvalue weighted by molar-refractivity contribution is 7.99. The molecule has 2 aromatic heterocycles. The van der Waals surface area contributed by atoms with Gasteiger partial charge in [0.25, 0.3) is 17.4 Å². The number of aryl methyl sites for hydroxylation is 2. The second-order valence-corrected chi connectivity index (χ2v) is 11.1. The quantitative estimate of drug-likeness (QED) is 0.293. The van der Waals surface area contributed by atoms with Gasteiger partial charge in [-0.05, 0) is 56.2 Å². The van der Waals surface area contributed by atoms with E-state index in [4.69, 9.17) is 9.72 Å². The first-order valence-corrected chi connectivity index (χ1v) is 13.7. The molecule has 1 saturated heterocycles. The number of aromatic nitrogens is 2. The average Bonchev–Trinajstić information content (AvgIpc) is 3.55. The van der Waals surface area contributed by atoms with Gasteiger partial charge in [-0.1, -0.05) is 23.9 Å². The van der Waals surface area contributed by atoms with Crippen molar-refractivity contribution in [3.05, 3.63) is 56.2 Å². The number of hydrogen-bond acceptors (Lipinski definition) is 7. The highest BCUT2D eigenvalue weighted by Gasteiger charge is 2.34. The zero-order valence-corrected chi connectivity index (χ0v) is 20.4. The first-order chi connectivity index (χ1) is 16.6. The van der Waals surface area contributed by atoms with Gasteiger partial charge in [0, 0.05) is 23.8 Å². The van der Waals surface area contributed by atoms with Crippen molar-refractivity contribution in [3.63, 3.8) is 0 Å². The molecular weight excluding hydrogens is 470 g/mol. The lowest BCUT2D eigenvalue weighted by atomic mass is 9.97. The number of hydrogen-bond donors (Lipinski definition) is 0. The summed E-state index contributed by atoms with van der Waals surface area (Å²) in [6.45, 7) is 1.48. The molecule has 4 heterocycles.